The SMILES string of the molecule is NCC1(c2cccc(Cl)n2)CC(F)(F)C1. The van der Waals surface area contributed by atoms with Crippen molar-refractivity contribution in [3.8, 4) is 0 Å². The molecule has 2 N–H and O–H groups in total. The molecule has 1 aromatic rings. The van der Waals surface area contributed by atoms with Crippen LogP contribution in [0.5, 0.6) is 0 Å². The van der Waals surface area contributed by atoms with E-state index >= 15 is 0 Å². The van der Waals surface area contributed by atoms with Crippen LogP contribution in [0, 0.1) is 0 Å². The second-order valence-electron chi connectivity index (χ2n) is 4.04. The molecular formula is C10H11ClF2N2. The predicted molar refractivity (Wildman–Crippen MR) is 54.2 cm³/mol. The second-order valence-corrected chi connectivity index (χ2v) is 4.43. The van der Waals surface area contributed by atoms with Crippen LogP contribution in [0.1, 0.15) is 18.5 Å². The molecule has 82 valence electrons. The first-order valence-electron chi connectivity index (χ1n) is 4.68. The van der Waals surface area contributed by atoms with Crippen molar-refractivity contribution < 1.29 is 8.78 Å². The van der Waals surface area contributed by atoms with Gasteiger partial charge in [0.25, 0.3) is 0 Å². The Hall–Kier alpha value is -0.740. The Labute approximate surface area is 91.4 Å². The number of hydrogen-bond donors (Lipinski definition) is 1. The van der Waals surface area contributed by atoms with Gasteiger partial charge in [0.05, 0.1) is 5.69 Å². The molecule has 15 heavy (non-hydrogen) atoms. The van der Waals surface area contributed by atoms with E-state index < -0.39 is 11.3 Å². The van der Waals surface area contributed by atoms with Crippen LogP contribution < -0.4 is 5.73 Å². The highest BCUT2D eigenvalue weighted by molar-refractivity contribution is 6.29. The van der Waals surface area contributed by atoms with Crippen LogP contribution in [0.15, 0.2) is 18.2 Å². The number of aromatic nitrogens is 1. The molecule has 1 aliphatic carbocycles. The maximum atomic E-state index is 12.9. The summed E-state index contributed by atoms with van der Waals surface area (Å²) in [7, 11) is 0. The van der Waals surface area contributed by atoms with Crippen molar-refractivity contribution in [2.45, 2.75) is 24.2 Å². The number of halogens is 3. The monoisotopic (exact) mass is 232 g/mol. The van der Waals surface area contributed by atoms with E-state index in [-0.39, 0.29) is 19.4 Å². The van der Waals surface area contributed by atoms with Gasteiger partial charge in [-0.1, -0.05) is 17.7 Å². The number of alkyl halides is 2. The van der Waals surface area contributed by atoms with Crippen molar-refractivity contribution in [3.05, 3.63) is 29.0 Å². The summed E-state index contributed by atoms with van der Waals surface area (Å²) in [4.78, 5) is 4.06. The highest BCUT2D eigenvalue weighted by Crippen LogP contribution is 2.52. The van der Waals surface area contributed by atoms with Crippen molar-refractivity contribution in [2.75, 3.05) is 6.54 Å². The minimum atomic E-state index is -2.61. The van der Waals surface area contributed by atoms with Gasteiger partial charge in [-0.25, -0.2) is 13.8 Å². The van der Waals surface area contributed by atoms with E-state index in [0.29, 0.717) is 10.8 Å². The van der Waals surface area contributed by atoms with Gasteiger partial charge in [0.2, 0.25) is 5.92 Å². The fraction of sp³-hybridized carbons (Fsp3) is 0.500. The Kier molecular flexibility index (Phi) is 2.43. The predicted octanol–water partition coefficient (Wildman–Crippen LogP) is 2.36. The first-order chi connectivity index (χ1) is 6.97. The van der Waals surface area contributed by atoms with Crippen molar-refractivity contribution in [1.29, 1.82) is 0 Å². The molecular weight excluding hydrogens is 222 g/mol. The van der Waals surface area contributed by atoms with Gasteiger partial charge in [0.15, 0.2) is 0 Å². The summed E-state index contributed by atoms with van der Waals surface area (Å²) in [5.41, 5.74) is 5.44. The average Bonchev–Trinajstić information content (AvgIpc) is 2.13. The molecule has 1 heterocycles. The lowest BCUT2D eigenvalue weighted by molar-refractivity contribution is -0.125. The molecule has 0 amide bonds. The van der Waals surface area contributed by atoms with Crippen LogP contribution in [-0.4, -0.2) is 17.5 Å². The fourth-order valence-electron chi connectivity index (χ4n) is 2.07. The lowest BCUT2D eigenvalue weighted by Crippen LogP contribution is -2.54. The van der Waals surface area contributed by atoms with Gasteiger partial charge in [-0.2, -0.15) is 0 Å². The molecule has 0 radical (unpaired) electrons. The lowest BCUT2D eigenvalue weighted by Gasteiger charge is -2.46. The third-order valence-corrected chi connectivity index (χ3v) is 3.05. The standard InChI is InChI=1S/C10H11ClF2N2/c11-8-3-1-2-7(15-8)9(6-14)4-10(12,13)5-9/h1-3H,4-6,14H2. The highest BCUT2D eigenvalue weighted by atomic mass is 35.5. The van der Waals surface area contributed by atoms with Gasteiger partial charge in [0, 0.05) is 24.8 Å². The smallest absolute Gasteiger partial charge is 0.250 e. The zero-order valence-electron chi connectivity index (χ0n) is 8.01. The van der Waals surface area contributed by atoms with Crippen LogP contribution in [0.2, 0.25) is 5.15 Å². The van der Waals surface area contributed by atoms with E-state index in [1.165, 1.54) is 0 Å². The van der Waals surface area contributed by atoms with Crippen molar-refractivity contribution >= 4 is 11.6 Å². The summed E-state index contributed by atoms with van der Waals surface area (Å²) in [6.07, 6.45) is -0.465. The zero-order valence-corrected chi connectivity index (χ0v) is 8.77. The topological polar surface area (TPSA) is 38.9 Å². The molecule has 1 saturated carbocycles. The molecule has 0 aliphatic heterocycles. The summed E-state index contributed by atoms with van der Waals surface area (Å²) in [6, 6.07) is 5.03. The van der Waals surface area contributed by atoms with Crippen LogP contribution >= 0.6 is 11.6 Å². The molecule has 2 rings (SSSR count). The van der Waals surface area contributed by atoms with Crippen LogP contribution in [0.25, 0.3) is 0 Å². The van der Waals surface area contributed by atoms with Crippen LogP contribution in [0.3, 0.4) is 0 Å². The Bertz CT molecular complexity index is 373. The summed E-state index contributed by atoms with van der Waals surface area (Å²) in [6.45, 7) is 0.177. The van der Waals surface area contributed by atoms with Crippen molar-refractivity contribution in [2.24, 2.45) is 5.73 Å². The zero-order chi connectivity index (χ0) is 11.1. The molecule has 0 unspecified atom stereocenters. The number of hydrogen-bond acceptors (Lipinski definition) is 2. The van der Waals surface area contributed by atoms with Crippen molar-refractivity contribution in [3.63, 3.8) is 0 Å². The largest absolute Gasteiger partial charge is 0.330 e. The lowest BCUT2D eigenvalue weighted by atomic mass is 9.64. The molecule has 2 nitrogen and oxygen atoms in total. The van der Waals surface area contributed by atoms with E-state index in [0.717, 1.165) is 0 Å². The Morgan fingerprint density at radius 1 is 1.40 bits per heavy atom. The van der Waals surface area contributed by atoms with Gasteiger partial charge >= 0.3 is 0 Å². The summed E-state index contributed by atoms with van der Waals surface area (Å²) in [5.74, 6) is -2.61. The minimum Gasteiger partial charge on any atom is -0.330 e. The fourth-order valence-corrected chi connectivity index (χ4v) is 2.24. The molecule has 0 spiro atoms. The van der Waals surface area contributed by atoms with Gasteiger partial charge in [-0.05, 0) is 12.1 Å². The molecule has 0 bridgehead atoms. The van der Waals surface area contributed by atoms with Gasteiger partial charge in [-0.3, -0.25) is 0 Å². The normalized spacial score (nSPS) is 22.1. The van der Waals surface area contributed by atoms with Gasteiger partial charge in [-0.15, -0.1) is 0 Å². The Morgan fingerprint density at radius 2 is 2.07 bits per heavy atom. The molecule has 5 heteroatoms. The first kappa shape index (κ1) is 10.8. The summed E-state index contributed by atoms with van der Waals surface area (Å²) < 4.78 is 25.8. The minimum absolute atomic E-state index is 0.177. The molecule has 0 aromatic carbocycles. The quantitative estimate of drug-likeness (QED) is 0.795. The number of rotatable bonds is 2. The average molecular weight is 233 g/mol. The maximum absolute atomic E-state index is 12.9. The number of pyridine rings is 1. The van der Waals surface area contributed by atoms with E-state index in [9.17, 15) is 8.78 Å². The van der Waals surface area contributed by atoms with E-state index in [4.69, 9.17) is 17.3 Å². The second kappa shape index (κ2) is 3.39. The third kappa shape index (κ3) is 1.84. The molecule has 0 saturated heterocycles. The molecule has 1 aromatic heterocycles. The van der Waals surface area contributed by atoms with Crippen LogP contribution in [0.4, 0.5) is 8.78 Å². The summed E-state index contributed by atoms with van der Waals surface area (Å²) in [5, 5.41) is 0.315. The Balaban J connectivity index is 2.29. The van der Waals surface area contributed by atoms with Crippen LogP contribution in [-0.2, 0) is 5.41 Å². The van der Waals surface area contributed by atoms with Gasteiger partial charge < -0.3 is 5.73 Å². The highest BCUT2D eigenvalue weighted by Gasteiger charge is 2.57. The van der Waals surface area contributed by atoms with Crippen molar-refractivity contribution in [1.82, 2.24) is 4.98 Å². The van der Waals surface area contributed by atoms with Gasteiger partial charge in [0.1, 0.15) is 5.15 Å². The number of nitrogens with zero attached hydrogens (tertiary/aromatic N) is 1. The van der Waals surface area contributed by atoms with E-state index in [1.807, 2.05) is 0 Å². The summed E-state index contributed by atoms with van der Waals surface area (Å²) >= 11 is 5.72. The van der Waals surface area contributed by atoms with E-state index in [1.54, 1.807) is 18.2 Å². The molecule has 0 atom stereocenters. The third-order valence-electron chi connectivity index (χ3n) is 2.84. The first-order valence-corrected chi connectivity index (χ1v) is 5.06. The molecule has 1 fully saturated rings. The Morgan fingerprint density at radius 3 is 2.53 bits per heavy atom. The number of nitrogens with two attached hydrogens (primary N) is 1. The molecule has 1 aliphatic rings. The maximum Gasteiger partial charge on any atom is 0.250 e. The van der Waals surface area contributed by atoms with E-state index in [2.05, 4.69) is 4.98 Å².